The zero-order valence-electron chi connectivity index (χ0n) is 18.4. The van der Waals surface area contributed by atoms with E-state index in [1.165, 1.54) is 11.8 Å². The molecule has 0 aliphatic heterocycles. The predicted octanol–water partition coefficient (Wildman–Crippen LogP) is 4.64. The van der Waals surface area contributed by atoms with E-state index in [1.807, 2.05) is 24.3 Å². The van der Waals surface area contributed by atoms with Crippen molar-refractivity contribution >= 4 is 17.7 Å². The summed E-state index contributed by atoms with van der Waals surface area (Å²) in [7, 11) is 1.65. The van der Waals surface area contributed by atoms with Gasteiger partial charge >= 0.3 is 0 Å². The first-order chi connectivity index (χ1) is 13.8. The average Bonchev–Trinajstić information content (AvgIpc) is 3.06. The predicted molar refractivity (Wildman–Crippen MR) is 119 cm³/mol. The molecule has 2 aromatic rings. The molecule has 0 saturated carbocycles. The number of carbonyl (C=O) groups excluding carboxylic acids is 1. The summed E-state index contributed by atoms with van der Waals surface area (Å²) in [5.74, 6) is 3.08. The first-order valence-corrected chi connectivity index (χ1v) is 11.3. The highest BCUT2D eigenvalue weighted by atomic mass is 32.2. The van der Waals surface area contributed by atoms with Crippen LogP contribution in [-0.2, 0) is 11.3 Å². The maximum atomic E-state index is 12.3. The summed E-state index contributed by atoms with van der Waals surface area (Å²) >= 11 is 1.44. The van der Waals surface area contributed by atoms with Crippen LogP contribution in [-0.4, -0.2) is 39.6 Å². The molecule has 0 spiro atoms. The summed E-state index contributed by atoms with van der Waals surface area (Å²) in [4.78, 5) is 12.3. The van der Waals surface area contributed by atoms with E-state index in [2.05, 4.69) is 54.7 Å². The van der Waals surface area contributed by atoms with Gasteiger partial charge in [0.25, 0.3) is 0 Å². The van der Waals surface area contributed by atoms with Crippen molar-refractivity contribution in [3.63, 3.8) is 0 Å². The first-order valence-electron chi connectivity index (χ1n) is 10.3. The Kier molecular flexibility index (Phi) is 9.01. The van der Waals surface area contributed by atoms with Gasteiger partial charge in [0, 0.05) is 18.2 Å². The fourth-order valence-electron chi connectivity index (χ4n) is 2.98. The molecule has 1 heterocycles. The summed E-state index contributed by atoms with van der Waals surface area (Å²) in [6, 6.07) is 7.99. The lowest BCUT2D eigenvalue weighted by Gasteiger charge is -2.15. The maximum Gasteiger partial charge on any atom is 0.230 e. The number of hydrogen-bond donors (Lipinski definition) is 1. The number of methoxy groups -OCH3 is 1. The third kappa shape index (κ3) is 7.38. The van der Waals surface area contributed by atoms with Gasteiger partial charge in [-0.2, -0.15) is 0 Å². The van der Waals surface area contributed by atoms with Crippen LogP contribution in [0, 0.1) is 11.8 Å². The minimum absolute atomic E-state index is 0.0383. The summed E-state index contributed by atoms with van der Waals surface area (Å²) in [5.41, 5.74) is 0.984. The van der Waals surface area contributed by atoms with Gasteiger partial charge in [0.15, 0.2) is 11.0 Å². The van der Waals surface area contributed by atoms with Crippen LogP contribution in [0.25, 0.3) is 11.4 Å². The molecular weight excluding hydrogens is 384 g/mol. The molecule has 2 rings (SSSR count). The molecule has 0 aliphatic carbocycles. The first kappa shape index (κ1) is 23.3. The molecule has 0 unspecified atom stereocenters. The van der Waals surface area contributed by atoms with Gasteiger partial charge in [-0.05, 0) is 55.9 Å². The average molecular weight is 419 g/mol. The number of nitrogens with one attached hydrogen (secondary N) is 1. The fourth-order valence-corrected chi connectivity index (χ4v) is 3.74. The van der Waals surface area contributed by atoms with Gasteiger partial charge in [-0.15, -0.1) is 10.2 Å². The Hall–Kier alpha value is -2.02. The topological polar surface area (TPSA) is 69.0 Å². The quantitative estimate of drug-likeness (QED) is 0.538. The van der Waals surface area contributed by atoms with Gasteiger partial charge in [0.05, 0.1) is 12.9 Å². The molecule has 1 amide bonds. The van der Waals surface area contributed by atoms with Crippen molar-refractivity contribution in [2.75, 3.05) is 12.9 Å². The van der Waals surface area contributed by atoms with Crippen LogP contribution in [0.2, 0.25) is 0 Å². The molecule has 29 heavy (non-hydrogen) atoms. The normalized spacial score (nSPS) is 12.4. The van der Waals surface area contributed by atoms with Crippen molar-refractivity contribution in [1.82, 2.24) is 20.1 Å². The van der Waals surface area contributed by atoms with E-state index < -0.39 is 0 Å². The van der Waals surface area contributed by atoms with Crippen LogP contribution < -0.4 is 10.1 Å². The number of carbonyl (C=O) groups is 1. The lowest BCUT2D eigenvalue weighted by molar-refractivity contribution is -0.119. The third-order valence-corrected chi connectivity index (χ3v) is 5.50. The Balaban J connectivity index is 2.06. The molecule has 1 atom stereocenters. The molecule has 1 aromatic heterocycles. The monoisotopic (exact) mass is 418 g/mol. The van der Waals surface area contributed by atoms with Crippen LogP contribution in [0.3, 0.4) is 0 Å². The molecule has 160 valence electrons. The SMILES string of the molecule is COc1ccc(-c2nnc(SCC(=O)N[C@@H](C)CCC(C)C)n2CC(C)C)cc1. The second-order valence-electron chi connectivity index (χ2n) is 8.27. The molecule has 0 saturated heterocycles. The lowest BCUT2D eigenvalue weighted by atomic mass is 10.0. The highest BCUT2D eigenvalue weighted by molar-refractivity contribution is 7.99. The Morgan fingerprint density at radius 1 is 1.07 bits per heavy atom. The van der Waals surface area contributed by atoms with Gasteiger partial charge in [-0.3, -0.25) is 4.79 Å². The number of nitrogens with zero attached hydrogens (tertiary/aromatic N) is 3. The number of thioether (sulfide) groups is 1. The summed E-state index contributed by atoms with van der Waals surface area (Å²) in [5, 5.41) is 12.6. The molecule has 1 aromatic carbocycles. The van der Waals surface area contributed by atoms with Gasteiger partial charge in [-0.1, -0.05) is 39.5 Å². The number of amides is 1. The van der Waals surface area contributed by atoms with Crippen molar-refractivity contribution in [3.8, 4) is 17.1 Å². The zero-order chi connectivity index (χ0) is 21.4. The minimum Gasteiger partial charge on any atom is -0.497 e. The Labute approximate surface area is 178 Å². The Morgan fingerprint density at radius 2 is 1.76 bits per heavy atom. The van der Waals surface area contributed by atoms with E-state index in [0.717, 1.165) is 41.7 Å². The molecule has 0 aliphatic rings. The number of hydrogen-bond acceptors (Lipinski definition) is 5. The molecule has 0 radical (unpaired) electrons. The summed E-state index contributed by atoms with van der Waals surface area (Å²) in [6.45, 7) is 11.6. The van der Waals surface area contributed by atoms with Crippen molar-refractivity contribution in [2.24, 2.45) is 11.8 Å². The van der Waals surface area contributed by atoms with Crippen LogP contribution in [0.4, 0.5) is 0 Å². The second kappa shape index (κ2) is 11.2. The van der Waals surface area contributed by atoms with E-state index in [9.17, 15) is 4.79 Å². The minimum atomic E-state index is 0.0383. The van der Waals surface area contributed by atoms with Crippen molar-refractivity contribution in [3.05, 3.63) is 24.3 Å². The molecule has 0 bridgehead atoms. The van der Waals surface area contributed by atoms with Crippen LogP contribution >= 0.6 is 11.8 Å². The number of benzene rings is 1. The smallest absolute Gasteiger partial charge is 0.230 e. The van der Waals surface area contributed by atoms with E-state index >= 15 is 0 Å². The number of rotatable bonds is 11. The molecule has 0 fully saturated rings. The van der Waals surface area contributed by atoms with Gasteiger partial charge in [-0.25, -0.2) is 0 Å². The number of aromatic nitrogens is 3. The highest BCUT2D eigenvalue weighted by Crippen LogP contribution is 2.26. The van der Waals surface area contributed by atoms with E-state index in [-0.39, 0.29) is 11.9 Å². The van der Waals surface area contributed by atoms with Crippen molar-refractivity contribution < 1.29 is 9.53 Å². The van der Waals surface area contributed by atoms with E-state index in [0.29, 0.717) is 17.6 Å². The third-order valence-electron chi connectivity index (χ3n) is 4.53. The standard InChI is InChI=1S/C22H34N4O2S/c1-15(2)7-8-17(5)23-20(27)14-29-22-25-24-21(26(22)13-16(3)4)18-9-11-19(28-6)12-10-18/h9-12,15-17H,7-8,13-14H2,1-6H3,(H,23,27)/t17-/m0/s1. The molecule has 6 nitrogen and oxygen atoms in total. The molecular formula is C22H34N4O2S. The van der Waals surface area contributed by atoms with Crippen LogP contribution in [0.15, 0.2) is 29.4 Å². The summed E-state index contributed by atoms with van der Waals surface area (Å²) < 4.78 is 7.34. The Bertz CT molecular complexity index is 772. The largest absolute Gasteiger partial charge is 0.497 e. The van der Waals surface area contributed by atoms with Gasteiger partial charge in [0.2, 0.25) is 5.91 Å². The number of ether oxygens (including phenoxy) is 1. The van der Waals surface area contributed by atoms with Crippen molar-refractivity contribution in [1.29, 1.82) is 0 Å². The van der Waals surface area contributed by atoms with Gasteiger partial charge < -0.3 is 14.6 Å². The van der Waals surface area contributed by atoms with E-state index in [1.54, 1.807) is 7.11 Å². The maximum absolute atomic E-state index is 12.3. The van der Waals surface area contributed by atoms with E-state index in [4.69, 9.17) is 4.74 Å². The Morgan fingerprint density at radius 3 is 2.34 bits per heavy atom. The summed E-state index contributed by atoms with van der Waals surface area (Å²) in [6.07, 6.45) is 2.11. The lowest BCUT2D eigenvalue weighted by Crippen LogP contribution is -2.34. The highest BCUT2D eigenvalue weighted by Gasteiger charge is 2.17. The zero-order valence-corrected chi connectivity index (χ0v) is 19.3. The van der Waals surface area contributed by atoms with Crippen LogP contribution in [0.5, 0.6) is 5.75 Å². The second-order valence-corrected chi connectivity index (χ2v) is 9.21. The fraction of sp³-hybridized carbons (Fsp3) is 0.591. The van der Waals surface area contributed by atoms with Gasteiger partial charge in [0.1, 0.15) is 5.75 Å². The van der Waals surface area contributed by atoms with Crippen LogP contribution in [0.1, 0.15) is 47.5 Å². The molecule has 7 heteroatoms. The van der Waals surface area contributed by atoms with Crippen molar-refractivity contribution in [2.45, 2.75) is 65.2 Å². The molecule has 1 N–H and O–H groups in total.